The molecule has 1 aliphatic rings. The summed E-state index contributed by atoms with van der Waals surface area (Å²) >= 11 is 0. The minimum absolute atomic E-state index is 0.300. The molecule has 21 heavy (non-hydrogen) atoms. The van der Waals surface area contributed by atoms with E-state index in [0.29, 0.717) is 30.0 Å². The van der Waals surface area contributed by atoms with Gasteiger partial charge < -0.3 is 14.4 Å². The molecular formula is C14H18N2O5. The smallest absolute Gasteiger partial charge is 0.266 e. The average Bonchev–Trinajstić information content (AvgIpc) is 2.45. The number of ether oxygens (including phenoxy) is 2. The van der Waals surface area contributed by atoms with Crippen molar-refractivity contribution in [2.45, 2.75) is 19.4 Å². The molecule has 2 rings (SSSR count). The molecule has 1 aliphatic heterocycles. The van der Waals surface area contributed by atoms with E-state index in [0.717, 1.165) is 5.56 Å². The minimum atomic E-state index is -0.638. The van der Waals surface area contributed by atoms with Crippen LogP contribution in [0.15, 0.2) is 12.1 Å². The fourth-order valence-corrected chi connectivity index (χ4v) is 2.35. The van der Waals surface area contributed by atoms with Gasteiger partial charge in [0.25, 0.3) is 11.8 Å². The number of carbonyl (C=O) groups excluding carboxylic acids is 2. The van der Waals surface area contributed by atoms with Crippen LogP contribution in [0.4, 0.5) is 0 Å². The van der Waals surface area contributed by atoms with Crippen molar-refractivity contribution in [3.05, 3.63) is 23.3 Å². The Morgan fingerprint density at radius 3 is 2.24 bits per heavy atom. The number of rotatable bonds is 4. The van der Waals surface area contributed by atoms with Crippen LogP contribution in [0.25, 0.3) is 0 Å². The van der Waals surface area contributed by atoms with Gasteiger partial charge in [-0.25, -0.2) is 5.48 Å². The minimum Gasteiger partial charge on any atom is -0.496 e. The fraction of sp³-hybridized carbons (Fsp3) is 0.429. The zero-order valence-corrected chi connectivity index (χ0v) is 12.2. The van der Waals surface area contributed by atoms with E-state index in [2.05, 4.69) is 0 Å². The lowest BCUT2D eigenvalue weighted by Gasteiger charge is -2.39. The molecule has 0 spiro atoms. The van der Waals surface area contributed by atoms with Crippen molar-refractivity contribution in [3.63, 3.8) is 0 Å². The molecule has 1 atom stereocenters. The van der Waals surface area contributed by atoms with Crippen LogP contribution in [-0.2, 0) is 4.79 Å². The maximum Gasteiger partial charge on any atom is 0.266 e. The molecule has 7 nitrogen and oxygen atoms in total. The second-order valence-corrected chi connectivity index (χ2v) is 4.78. The maximum atomic E-state index is 12.5. The van der Waals surface area contributed by atoms with Gasteiger partial charge in [0.05, 0.1) is 14.2 Å². The first-order valence-corrected chi connectivity index (χ1v) is 6.51. The number of likely N-dealkylation sites (tertiary alicyclic amines) is 1. The Kier molecular flexibility index (Phi) is 4.32. The summed E-state index contributed by atoms with van der Waals surface area (Å²) in [6.07, 6.45) is 0.526. The molecule has 1 saturated heterocycles. The summed E-state index contributed by atoms with van der Waals surface area (Å²) in [7, 11) is 3.03. The Balaban J connectivity index is 2.29. The van der Waals surface area contributed by atoms with Gasteiger partial charge in [0.15, 0.2) is 0 Å². The molecule has 0 aromatic heterocycles. The molecule has 114 valence electrons. The first kappa shape index (κ1) is 15.1. The van der Waals surface area contributed by atoms with E-state index in [1.807, 2.05) is 6.92 Å². The Morgan fingerprint density at radius 2 is 1.86 bits per heavy atom. The fourth-order valence-electron chi connectivity index (χ4n) is 2.35. The van der Waals surface area contributed by atoms with Gasteiger partial charge in [-0.15, -0.1) is 0 Å². The van der Waals surface area contributed by atoms with Crippen LogP contribution in [-0.4, -0.2) is 48.7 Å². The van der Waals surface area contributed by atoms with E-state index < -0.39 is 11.9 Å². The van der Waals surface area contributed by atoms with Crippen LogP contribution in [0.2, 0.25) is 0 Å². The van der Waals surface area contributed by atoms with Crippen molar-refractivity contribution in [3.8, 4) is 11.5 Å². The average molecular weight is 294 g/mol. The molecule has 1 heterocycles. The molecule has 7 heteroatoms. The van der Waals surface area contributed by atoms with E-state index in [4.69, 9.17) is 14.7 Å². The first-order chi connectivity index (χ1) is 10.0. The van der Waals surface area contributed by atoms with Crippen molar-refractivity contribution in [1.29, 1.82) is 0 Å². The molecule has 1 unspecified atom stereocenters. The second-order valence-electron chi connectivity index (χ2n) is 4.78. The highest BCUT2D eigenvalue weighted by atomic mass is 16.5. The van der Waals surface area contributed by atoms with Gasteiger partial charge in [0.1, 0.15) is 17.5 Å². The van der Waals surface area contributed by atoms with E-state index >= 15 is 0 Å². The third-order valence-electron chi connectivity index (χ3n) is 3.69. The van der Waals surface area contributed by atoms with Gasteiger partial charge >= 0.3 is 0 Å². The summed E-state index contributed by atoms with van der Waals surface area (Å²) < 4.78 is 10.5. The van der Waals surface area contributed by atoms with Crippen LogP contribution < -0.4 is 15.0 Å². The topological polar surface area (TPSA) is 88.1 Å². The van der Waals surface area contributed by atoms with Gasteiger partial charge in [0.2, 0.25) is 0 Å². The van der Waals surface area contributed by atoms with E-state index in [1.54, 1.807) is 17.6 Å². The molecule has 1 fully saturated rings. The summed E-state index contributed by atoms with van der Waals surface area (Å²) in [5.74, 6) is 0.204. The molecule has 0 saturated carbocycles. The number of carbonyl (C=O) groups is 2. The Morgan fingerprint density at radius 1 is 1.29 bits per heavy atom. The maximum absolute atomic E-state index is 12.5. The lowest BCUT2D eigenvalue weighted by atomic mass is 9.99. The van der Waals surface area contributed by atoms with Gasteiger partial charge in [-0.05, 0) is 25.5 Å². The highest BCUT2D eigenvalue weighted by Crippen LogP contribution is 2.31. The van der Waals surface area contributed by atoms with E-state index in [-0.39, 0.29) is 5.91 Å². The summed E-state index contributed by atoms with van der Waals surface area (Å²) in [4.78, 5) is 25.3. The van der Waals surface area contributed by atoms with Crippen molar-refractivity contribution in [2.24, 2.45) is 0 Å². The SMILES string of the molecule is COc1cc(C(=O)N2CCC2C(=O)NO)cc(OC)c1C. The normalized spacial score (nSPS) is 17.0. The van der Waals surface area contributed by atoms with Gasteiger partial charge in [0, 0.05) is 17.7 Å². The molecule has 2 amide bonds. The molecule has 0 aliphatic carbocycles. The molecule has 1 aromatic carbocycles. The highest BCUT2D eigenvalue weighted by molar-refractivity contribution is 5.99. The zero-order valence-electron chi connectivity index (χ0n) is 12.2. The third kappa shape index (κ3) is 2.64. The summed E-state index contributed by atoms with van der Waals surface area (Å²) in [5, 5.41) is 8.66. The monoisotopic (exact) mass is 294 g/mol. The standard InChI is InChI=1S/C14H18N2O5/c1-8-11(20-2)6-9(7-12(8)21-3)14(18)16-5-4-10(16)13(17)15-19/h6-7,10,19H,4-5H2,1-3H3,(H,15,17). The van der Waals surface area contributed by atoms with Crippen LogP contribution in [0.1, 0.15) is 22.3 Å². The molecule has 0 radical (unpaired) electrons. The van der Waals surface area contributed by atoms with Crippen LogP contribution in [0.3, 0.4) is 0 Å². The molecule has 1 aromatic rings. The van der Waals surface area contributed by atoms with Crippen molar-refractivity contribution >= 4 is 11.8 Å². The quantitative estimate of drug-likeness (QED) is 0.631. The number of hydroxylamine groups is 1. The lowest BCUT2D eigenvalue weighted by molar-refractivity contribution is -0.137. The Labute approximate surface area is 122 Å². The first-order valence-electron chi connectivity index (χ1n) is 6.51. The highest BCUT2D eigenvalue weighted by Gasteiger charge is 2.38. The molecule has 0 bridgehead atoms. The van der Waals surface area contributed by atoms with Gasteiger partial charge in [-0.3, -0.25) is 14.8 Å². The summed E-state index contributed by atoms with van der Waals surface area (Å²) in [6, 6.07) is 2.60. The number of nitrogens with one attached hydrogen (secondary N) is 1. The van der Waals surface area contributed by atoms with Gasteiger partial charge in [-0.2, -0.15) is 0 Å². The number of hydrogen-bond acceptors (Lipinski definition) is 5. The predicted octanol–water partition coefficient (Wildman–Crippen LogP) is 0.732. The van der Waals surface area contributed by atoms with Crippen molar-refractivity contribution < 1.29 is 24.3 Å². The summed E-state index contributed by atoms with van der Waals surface area (Å²) in [5.41, 5.74) is 2.75. The van der Waals surface area contributed by atoms with Crippen LogP contribution in [0.5, 0.6) is 11.5 Å². The number of methoxy groups -OCH3 is 2. The van der Waals surface area contributed by atoms with Crippen LogP contribution >= 0.6 is 0 Å². The largest absolute Gasteiger partial charge is 0.496 e. The Hall–Kier alpha value is -2.28. The lowest BCUT2D eigenvalue weighted by Crippen LogP contribution is -2.57. The number of hydrogen-bond donors (Lipinski definition) is 2. The second kappa shape index (κ2) is 6.01. The molecular weight excluding hydrogens is 276 g/mol. The van der Waals surface area contributed by atoms with Crippen molar-refractivity contribution in [2.75, 3.05) is 20.8 Å². The van der Waals surface area contributed by atoms with Crippen molar-refractivity contribution in [1.82, 2.24) is 10.4 Å². The number of benzene rings is 1. The number of amides is 2. The van der Waals surface area contributed by atoms with E-state index in [1.165, 1.54) is 19.1 Å². The van der Waals surface area contributed by atoms with Crippen LogP contribution in [0, 0.1) is 6.92 Å². The zero-order chi connectivity index (χ0) is 15.6. The summed E-state index contributed by atoms with van der Waals surface area (Å²) in [6.45, 7) is 2.30. The van der Waals surface area contributed by atoms with Gasteiger partial charge in [-0.1, -0.05) is 0 Å². The number of nitrogens with zero attached hydrogens (tertiary/aromatic N) is 1. The third-order valence-corrected chi connectivity index (χ3v) is 3.69. The Bertz CT molecular complexity index is 547. The predicted molar refractivity (Wildman–Crippen MR) is 73.7 cm³/mol. The molecule has 2 N–H and O–H groups in total. The van der Waals surface area contributed by atoms with E-state index in [9.17, 15) is 9.59 Å².